The number of carboxylic acids is 1. The van der Waals surface area contributed by atoms with E-state index in [-0.39, 0.29) is 10.8 Å². The Hall–Kier alpha value is -2.21. The minimum absolute atomic E-state index is 0.0270. The van der Waals surface area contributed by atoms with Gasteiger partial charge in [0.25, 0.3) is 5.91 Å². The van der Waals surface area contributed by atoms with Gasteiger partial charge in [0.1, 0.15) is 4.88 Å². The van der Waals surface area contributed by atoms with Gasteiger partial charge in [0.15, 0.2) is 0 Å². The van der Waals surface area contributed by atoms with Crippen LogP contribution in [0.3, 0.4) is 0 Å². The van der Waals surface area contributed by atoms with Gasteiger partial charge >= 0.3 is 5.97 Å². The smallest absolute Gasteiger partial charge is 0.345 e. The Morgan fingerprint density at radius 1 is 1.19 bits per heavy atom. The largest absolute Gasteiger partial charge is 0.477 e. The summed E-state index contributed by atoms with van der Waals surface area (Å²) in [6, 6.07) is 6.74. The van der Waals surface area contributed by atoms with Crippen LogP contribution in [0, 0.1) is 0 Å². The average molecular weight is 302 g/mol. The van der Waals surface area contributed by atoms with Crippen LogP contribution in [0.5, 0.6) is 0 Å². The number of likely N-dealkylation sites (tertiary alicyclic amines) is 1. The number of carbonyl (C=O) groups is 2. The van der Waals surface area contributed by atoms with E-state index in [4.69, 9.17) is 5.11 Å². The van der Waals surface area contributed by atoms with E-state index >= 15 is 0 Å². The van der Waals surface area contributed by atoms with Gasteiger partial charge in [0, 0.05) is 19.3 Å². The van der Waals surface area contributed by atoms with Crippen LogP contribution in [0.2, 0.25) is 0 Å². The first kappa shape index (κ1) is 13.8. The monoisotopic (exact) mass is 302 g/mol. The molecule has 0 atom stereocenters. The molecule has 1 aliphatic rings. The highest BCUT2D eigenvalue weighted by Crippen LogP contribution is 2.30. The Morgan fingerprint density at radius 3 is 2.62 bits per heavy atom. The van der Waals surface area contributed by atoms with E-state index in [1.807, 2.05) is 4.90 Å². The van der Waals surface area contributed by atoms with Gasteiger partial charge in [0.2, 0.25) is 0 Å². The summed E-state index contributed by atoms with van der Waals surface area (Å²) in [7, 11) is 0. The predicted octanol–water partition coefficient (Wildman–Crippen LogP) is 2.74. The lowest BCUT2D eigenvalue weighted by Crippen LogP contribution is -2.28. The fraction of sp³-hybridized carbons (Fsp3) is 0.267. The third-order valence-corrected chi connectivity index (χ3v) is 4.56. The van der Waals surface area contributed by atoms with Gasteiger partial charge in [-0.3, -0.25) is 9.78 Å². The number of pyridine rings is 1. The molecule has 1 fully saturated rings. The third kappa shape index (κ3) is 2.67. The van der Waals surface area contributed by atoms with Crippen molar-refractivity contribution < 1.29 is 14.7 Å². The summed E-state index contributed by atoms with van der Waals surface area (Å²) in [5.74, 6) is -0.990. The fourth-order valence-corrected chi connectivity index (χ4v) is 3.30. The summed E-state index contributed by atoms with van der Waals surface area (Å²) in [5.41, 5.74) is 1.10. The molecule has 2 aromatic rings. The number of aromatic nitrogens is 1. The van der Waals surface area contributed by atoms with E-state index in [0.29, 0.717) is 16.1 Å². The maximum absolute atomic E-state index is 12.6. The van der Waals surface area contributed by atoms with Crippen molar-refractivity contribution >= 4 is 23.2 Å². The van der Waals surface area contributed by atoms with Crippen molar-refractivity contribution in [2.24, 2.45) is 0 Å². The van der Waals surface area contributed by atoms with Crippen LogP contribution in [-0.4, -0.2) is 40.0 Å². The summed E-state index contributed by atoms with van der Waals surface area (Å²) in [5, 5.41) is 9.01. The molecule has 0 spiro atoms. The standard InChI is InChI=1S/C15H14N2O3S/c18-14(17-8-1-2-9-17)10-4-3-7-16-13(10)11-5-6-12(21-11)15(19)20/h3-7H,1-2,8-9H2,(H,19,20). The highest BCUT2D eigenvalue weighted by molar-refractivity contribution is 7.17. The summed E-state index contributed by atoms with van der Waals surface area (Å²) in [6.07, 6.45) is 3.68. The number of thiophene rings is 1. The SMILES string of the molecule is O=C(O)c1ccc(-c2ncccc2C(=O)N2CCCC2)s1. The molecule has 1 N–H and O–H groups in total. The van der Waals surface area contributed by atoms with Crippen LogP contribution in [0.1, 0.15) is 32.9 Å². The summed E-state index contributed by atoms with van der Waals surface area (Å²) in [6.45, 7) is 1.55. The molecule has 5 nitrogen and oxygen atoms in total. The summed E-state index contributed by atoms with van der Waals surface area (Å²) >= 11 is 1.14. The van der Waals surface area contributed by atoms with Crippen molar-refractivity contribution in [3.05, 3.63) is 40.9 Å². The molecule has 1 amide bonds. The van der Waals surface area contributed by atoms with Crippen molar-refractivity contribution in [3.63, 3.8) is 0 Å². The van der Waals surface area contributed by atoms with Crippen molar-refractivity contribution in [1.82, 2.24) is 9.88 Å². The van der Waals surface area contributed by atoms with Gasteiger partial charge in [-0.25, -0.2) is 4.79 Å². The third-order valence-electron chi connectivity index (χ3n) is 3.48. The number of rotatable bonds is 3. The number of nitrogens with zero attached hydrogens (tertiary/aromatic N) is 2. The Morgan fingerprint density at radius 2 is 1.95 bits per heavy atom. The van der Waals surface area contributed by atoms with E-state index < -0.39 is 5.97 Å². The molecule has 1 aliphatic heterocycles. The second kappa shape index (κ2) is 5.65. The van der Waals surface area contributed by atoms with Crippen LogP contribution < -0.4 is 0 Å². The number of amides is 1. The van der Waals surface area contributed by atoms with E-state index in [1.165, 1.54) is 0 Å². The molecular weight excluding hydrogens is 288 g/mol. The molecular formula is C15H14N2O3S. The van der Waals surface area contributed by atoms with E-state index in [9.17, 15) is 9.59 Å². The summed E-state index contributed by atoms with van der Waals surface area (Å²) < 4.78 is 0. The highest BCUT2D eigenvalue weighted by Gasteiger charge is 2.23. The average Bonchev–Trinajstić information content (AvgIpc) is 3.18. The number of hydrogen-bond donors (Lipinski definition) is 1. The van der Waals surface area contributed by atoms with Crippen LogP contribution in [-0.2, 0) is 0 Å². The van der Waals surface area contributed by atoms with Gasteiger partial charge in [0.05, 0.1) is 16.1 Å². The molecule has 2 aromatic heterocycles. The lowest BCUT2D eigenvalue weighted by molar-refractivity contribution is 0.0701. The predicted molar refractivity (Wildman–Crippen MR) is 79.6 cm³/mol. The molecule has 6 heteroatoms. The van der Waals surface area contributed by atoms with Gasteiger partial charge in [-0.2, -0.15) is 0 Å². The van der Waals surface area contributed by atoms with E-state index in [0.717, 1.165) is 37.3 Å². The molecule has 0 saturated carbocycles. The first-order chi connectivity index (χ1) is 10.2. The van der Waals surface area contributed by atoms with Crippen LogP contribution in [0.25, 0.3) is 10.6 Å². The van der Waals surface area contributed by atoms with Gasteiger partial charge in [-0.15, -0.1) is 11.3 Å². The van der Waals surface area contributed by atoms with Gasteiger partial charge in [-0.1, -0.05) is 0 Å². The van der Waals surface area contributed by atoms with Crippen molar-refractivity contribution in [2.45, 2.75) is 12.8 Å². The topological polar surface area (TPSA) is 70.5 Å². The summed E-state index contributed by atoms with van der Waals surface area (Å²) in [4.78, 5) is 30.6. The zero-order valence-electron chi connectivity index (χ0n) is 11.3. The molecule has 0 radical (unpaired) electrons. The lowest BCUT2D eigenvalue weighted by Gasteiger charge is -2.16. The number of aromatic carboxylic acids is 1. The quantitative estimate of drug-likeness (QED) is 0.946. The minimum atomic E-state index is -0.963. The number of carbonyl (C=O) groups excluding carboxylic acids is 1. The maximum Gasteiger partial charge on any atom is 0.345 e. The van der Waals surface area contributed by atoms with E-state index in [2.05, 4.69) is 4.98 Å². The maximum atomic E-state index is 12.6. The van der Waals surface area contributed by atoms with Crippen LogP contribution in [0.15, 0.2) is 30.5 Å². The Kier molecular flexibility index (Phi) is 3.70. The first-order valence-corrected chi connectivity index (χ1v) is 7.56. The number of carboxylic acid groups (broad SMARTS) is 1. The molecule has 1 saturated heterocycles. The van der Waals surface area contributed by atoms with Gasteiger partial charge in [-0.05, 0) is 37.1 Å². The molecule has 0 aromatic carbocycles. The molecule has 21 heavy (non-hydrogen) atoms. The van der Waals surface area contributed by atoms with Crippen LogP contribution >= 0.6 is 11.3 Å². The second-order valence-corrected chi connectivity index (χ2v) is 5.95. The zero-order chi connectivity index (χ0) is 14.8. The lowest BCUT2D eigenvalue weighted by atomic mass is 10.1. The first-order valence-electron chi connectivity index (χ1n) is 6.74. The molecule has 0 bridgehead atoms. The molecule has 3 heterocycles. The fourth-order valence-electron chi connectivity index (χ4n) is 2.44. The highest BCUT2D eigenvalue weighted by atomic mass is 32.1. The van der Waals surface area contributed by atoms with Crippen LogP contribution in [0.4, 0.5) is 0 Å². The molecule has 0 aliphatic carbocycles. The normalized spacial score (nSPS) is 14.4. The Bertz CT molecular complexity index is 690. The molecule has 0 unspecified atom stereocenters. The number of hydrogen-bond acceptors (Lipinski definition) is 4. The molecule has 3 rings (SSSR count). The molecule has 108 valence electrons. The Labute approximate surface area is 125 Å². The minimum Gasteiger partial charge on any atom is -0.477 e. The Balaban J connectivity index is 1.98. The van der Waals surface area contributed by atoms with Crippen molar-refractivity contribution in [3.8, 4) is 10.6 Å². The van der Waals surface area contributed by atoms with E-state index in [1.54, 1.807) is 30.5 Å². The van der Waals surface area contributed by atoms with Crippen molar-refractivity contribution in [2.75, 3.05) is 13.1 Å². The zero-order valence-corrected chi connectivity index (χ0v) is 12.1. The second-order valence-electron chi connectivity index (χ2n) is 4.87. The van der Waals surface area contributed by atoms with Crippen molar-refractivity contribution in [1.29, 1.82) is 0 Å². The van der Waals surface area contributed by atoms with Gasteiger partial charge < -0.3 is 10.0 Å².